The van der Waals surface area contributed by atoms with Crippen molar-refractivity contribution in [1.82, 2.24) is 4.47 Å². The molecule has 23 heavy (non-hydrogen) atoms. The fourth-order valence-corrected chi connectivity index (χ4v) is 4.29. The monoisotopic (exact) mass is 343 g/mol. The Morgan fingerprint density at radius 1 is 1.35 bits per heavy atom. The quantitative estimate of drug-likeness (QED) is 0.764. The van der Waals surface area contributed by atoms with Gasteiger partial charge < -0.3 is 9.84 Å². The van der Waals surface area contributed by atoms with Crippen molar-refractivity contribution in [2.75, 3.05) is 13.7 Å². The van der Waals surface area contributed by atoms with E-state index in [1.165, 1.54) is 19.2 Å². The first-order valence-electron chi connectivity index (χ1n) is 7.50. The summed E-state index contributed by atoms with van der Waals surface area (Å²) < 4.78 is 31.7. The molecular formula is C15H21NO6S. The lowest BCUT2D eigenvalue weighted by molar-refractivity contribution is -0.0786. The second-order valence-electron chi connectivity index (χ2n) is 5.28. The highest BCUT2D eigenvalue weighted by Crippen LogP contribution is 2.30. The zero-order valence-electron chi connectivity index (χ0n) is 13.2. The largest absolute Gasteiger partial charge is 0.493 e. The van der Waals surface area contributed by atoms with Crippen LogP contribution in [0.1, 0.15) is 43.0 Å². The number of rotatable bonds is 7. The van der Waals surface area contributed by atoms with E-state index in [1.54, 1.807) is 6.92 Å². The van der Waals surface area contributed by atoms with Gasteiger partial charge in [-0.2, -0.15) is 0 Å². The van der Waals surface area contributed by atoms with Gasteiger partial charge in [0.2, 0.25) is 0 Å². The lowest BCUT2D eigenvalue weighted by Crippen LogP contribution is -2.37. The number of carboxylic acids is 1. The van der Waals surface area contributed by atoms with Crippen LogP contribution in [0.3, 0.4) is 0 Å². The van der Waals surface area contributed by atoms with Crippen LogP contribution in [-0.2, 0) is 14.9 Å². The molecule has 1 N–H and O–H groups in total. The molecule has 0 atom stereocenters. The molecule has 0 unspecified atom stereocenters. The number of carbonyl (C=O) groups is 1. The number of sulfonamides is 1. The summed E-state index contributed by atoms with van der Waals surface area (Å²) in [4.78, 5) is 16.3. The maximum Gasteiger partial charge on any atom is 0.339 e. The lowest BCUT2D eigenvalue weighted by Gasteiger charge is -2.25. The van der Waals surface area contributed by atoms with E-state index in [0.29, 0.717) is 6.61 Å². The van der Waals surface area contributed by atoms with Crippen molar-refractivity contribution in [1.29, 1.82) is 0 Å². The Morgan fingerprint density at radius 3 is 2.52 bits per heavy atom. The molecule has 1 aliphatic rings. The second kappa shape index (κ2) is 7.29. The molecule has 7 nitrogen and oxygen atoms in total. The van der Waals surface area contributed by atoms with Crippen LogP contribution in [0.15, 0.2) is 23.1 Å². The molecule has 1 aliphatic carbocycles. The van der Waals surface area contributed by atoms with E-state index in [9.17, 15) is 18.3 Å². The predicted molar refractivity (Wildman–Crippen MR) is 82.9 cm³/mol. The molecule has 0 radical (unpaired) electrons. The zero-order valence-corrected chi connectivity index (χ0v) is 14.0. The van der Waals surface area contributed by atoms with E-state index in [2.05, 4.69) is 0 Å². The summed E-state index contributed by atoms with van der Waals surface area (Å²) in [5.74, 6) is -1.10. The Labute approximate surface area is 135 Å². The van der Waals surface area contributed by atoms with Gasteiger partial charge >= 0.3 is 5.97 Å². The van der Waals surface area contributed by atoms with Gasteiger partial charge in [0.1, 0.15) is 11.3 Å². The van der Waals surface area contributed by atoms with Crippen LogP contribution in [0, 0.1) is 0 Å². The number of hydroxylamine groups is 1. The average molecular weight is 343 g/mol. The van der Waals surface area contributed by atoms with Crippen LogP contribution in [0.4, 0.5) is 0 Å². The third-order valence-electron chi connectivity index (χ3n) is 3.82. The minimum Gasteiger partial charge on any atom is -0.493 e. The summed E-state index contributed by atoms with van der Waals surface area (Å²) in [5.41, 5.74) is -0.185. The highest BCUT2D eigenvalue weighted by Gasteiger charge is 2.34. The lowest BCUT2D eigenvalue weighted by atomic mass is 10.2. The van der Waals surface area contributed by atoms with Gasteiger partial charge in [0, 0.05) is 0 Å². The maximum absolute atomic E-state index is 12.8. The number of hydrogen-bond acceptors (Lipinski definition) is 5. The molecule has 2 rings (SSSR count). The van der Waals surface area contributed by atoms with E-state index in [0.717, 1.165) is 36.2 Å². The van der Waals surface area contributed by atoms with Crippen molar-refractivity contribution in [3.63, 3.8) is 0 Å². The second-order valence-corrected chi connectivity index (χ2v) is 7.06. The van der Waals surface area contributed by atoms with Crippen molar-refractivity contribution in [3.8, 4) is 5.75 Å². The summed E-state index contributed by atoms with van der Waals surface area (Å²) in [6.07, 6.45) is 3.36. The number of hydrogen-bond donors (Lipinski definition) is 1. The zero-order chi connectivity index (χ0) is 17.0. The van der Waals surface area contributed by atoms with Crippen LogP contribution in [0.5, 0.6) is 5.75 Å². The minimum absolute atomic E-state index is 0.118. The number of aromatic carboxylic acids is 1. The Kier molecular flexibility index (Phi) is 5.61. The van der Waals surface area contributed by atoms with E-state index >= 15 is 0 Å². The molecule has 1 fully saturated rings. The van der Waals surface area contributed by atoms with E-state index in [4.69, 9.17) is 9.57 Å². The van der Waals surface area contributed by atoms with Crippen LogP contribution < -0.4 is 4.74 Å². The number of benzene rings is 1. The number of ether oxygens (including phenoxy) is 1. The normalized spacial score (nSPS) is 16.0. The molecule has 128 valence electrons. The summed E-state index contributed by atoms with van der Waals surface area (Å²) >= 11 is 0. The average Bonchev–Trinajstić information content (AvgIpc) is 3.02. The summed E-state index contributed by atoms with van der Waals surface area (Å²) in [6, 6.07) is 3.60. The number of nitrogens with zero attached hydrogens (tertiary/aromatic N) is 1. The van der Waals surface area contributed by atoms with Gasteiger partial charge in [-0.05, 0) is 38.0 Å². The van der Waals surface area contributed by atoms with E-state index in [-0.39, 0.29) is 22.3 Å². The molecule has 1 aromatic rings. The smallest absolute Gasteiger partial charge is 0.339 e. The predicted octanol–water partition coefficient (Wildman–Crippen LogP) is 2.28. The van der Waals surface area contributed by atoms with Gasteiger partial charge in [-0.25, -0.2) is 13.2 Å². The first kappa shape index (κ1) is 17.7. The van der Waals surface area contributed by atoms with Gasteiger partial charge in [0.25, 0.3) is 10.0 Å². The van der Waals surface area contributed by atoms with Crippen molar-refractivity contribution < 1.29 is 27.9 Å². The summed E-state index contributed by atoms with van der Waals surface area (Å²) in [6.45, 7) is 2.02. The first-order valence-corrected chi connectivity index (χ1v) is 8.94. The SMILES string of the molecule is CCOc1ccc(S(=O)(=O)N(OC)C2CCCC2)cc1C(=O)O. The molecule has 8 heteroatoms. The first-order chi connectivity index (χ1) is 10.9. The third-order valence-corrected chi connectivity index (χ3v) is 5.59. The fourth-order valence-electron chi connectivity index (χ4n) is 2.78. The van der Waals surface area contributed by atoms with Gasteiger partial charge in [-0.15, -0.1) is 0 Å². The van der Waals surface area contributed by atoms with Gasteiger partial charge in [0.15, 0.2) is 0 Å². The topological polar surface area (TPSA) is 93.1 Å². The van der Waals surface area contributed by atoms with E-state index in [1.807, 2.05) is 0 Å². The van der Waals surface area contributed by atoms with Crippen molar-refractivity contribution >= 4 is 16.0 Å². The molecule has 0 spiro atoms. The van der Waals surface area contributed by atoms with Crippen LogP contribution in [0.2, 0.25) is 0 Å². The van der Waals surface area contributed by atoms with Crippen LogP contribution >= 0.6 is 0 Å². The van der Waals surface area contributed by atoms with Gasteiger partial charge in [-0.1, -0.05) is 17.3 Å². The molecule has 0 saturated heterocycles. The molecule has 1 saturated carbocycles. The van der Waals surface area contributed by atoms with Crippen molar-refractivity contribution in [3.05, 3.63) is 23.8 Å². The minimum atomic E-state index is -3.93. The molecule has 0 amide bonds. The summed E-state index contributed by atoms with van der Waals surface area (Å²) in [5, 5.41) is 9.27. The Balaban J connectivity index is 2.42. The molecule has 1 aromatic carbocycles. The molecular weight excluding hydrogens is 322 g/mol. The van der Waals surface area contributed by atoms with Gasteiger partial charge in [0.05, 0.1) is 24.7 Å². The van der Waals surface area contributed by atoms with Gasteiger partial charge in [-0.3, -0.25) is 4.84 Å². The summed E-state index contributed by atoms with van der Waals surface area (Å²) in [7, 11) is -2.62. The Hall–Kier alpha value is -1.64. The number of carboxylic acid groups (broad SMARTS) is 1. The Morgan fingerprint density at radius 2 is 2.00 bits per heavy atom. The molecule has 0 aromatic heterocycles. The van der Waals surface area contributed by atoms with Crippen molar-refractivity contribution in [2.45, 2.75) is 43.5 Å². The Bertz CT molecular complexity index is 667. The fraction of sp³-hybridized carbons (Fsp3) is 0.533. The van der Waals surface area contributed by atoms with Crippen LogP contribution in [-0.4, -0.2) is 43.7 Å². The third kappa shape index (κ3) is 3.65. The standard InChI is InChI=1S/C15H21NO6S/c1-3-22-14-9-8-12(10-13(14)15(17)18)23(19,20)16(21-2)11-6-4-5-7-11/h8-11H,3-7H2,1-2H3,(H,17,18). The highest BCUT2D eigenvalue weighted by molar-refractivity contribution is 7.89. The van der Waals surface area contributed by atoms with E-state index < -0.39 is 16.0 Å². The highest BCUT2D eigenvalue weighted by atomic mass is 32.2. The van der Waals surface area contributed by atoms with Crippen molar-refractivity contribution in [2.24, 2.45) is 0 Å². The molecule has 0 heterocycles. The van der Waals surface area contributed by atoms with Crippen LogP contribution in [0.25, 0.3) is 0 Å². The molecule has 0 aliphatic heterocycles. The molecule has 0 bridgehead atoms. The maximum atomic E-state index is 12.8.